The summed E-state index contributed by atoms with van der Waals surface area (Å²) in [5.74, 6) is -0.558. The molecular formula is C29H31N3O4. The number of aliphatic hydroxyl groups is 1. The van der Waals surface area contributed by atoms with Crippen LogP contribution in [0.4, 0.5) is 11.4 Å². The lowest BCUT2D eigenvalue weighted by Gasteiger charge is -2.36. The van der Waals surface area contributed by atoms with Crippen LogP contribution in [0, 0.1) is 6.92 Å². The highest BCUT2D eigenvalue weighted by Gasteiger charge is 2.43. The Morgan fingerprint density at radius 3 is 2.28 bits per heavy atom. The largest absolute Gasteiger partial charge is 0.378 e. The van der Waals surface area contributed by atoms with Crippen LogP contribution >= 0.6 is 0 Å². The summed E-state index contributed by atoms with van der Waals surface area (Å²) in [5.41, 5.74) is 0.549. The number of anilines is 2. The maximum absolute atomic E-state index is 13.8. The van der Waals surface area contributed by atoms with Crippen molar-refractivity contribution in [3.63, 3.8) is 0 Å². The van der Waals surface area contributed by atoms with E-state index >= 15 is 0 Å². The molecule has 0 aliphatic rings. The summed E-state index contributed by atoms with van der Waals surface area (Å²) in [5, 5.41) is 19.6. The highest BCUT2D eigenvalue weighted by molar-refractivity contribution is 6.00. The molecule has 4 rings (SSSR count). The van der Waals surface area contributed by atoms with Crippen molar-refractivity contribution in [2.45, 2.75) is 38.2 Å². The van der Waals surface area contributed by atoms with Crippen molar-refractivity contribution in [2.24, 2.45) is 0 Å². The lowest BCUT2D eigenvalue weighted by Crippen LogP contribution is -2.44. The Kier molecular flexibility index (Phi) is 6.69. The highest BCUT2D eigenvalue weighted by Crippen LogP contribution is 2.39. The van der Waals surface area contributed by atoms with Crippen LogP contribution in [0.25, 0.3) is 10.8 Å². The molecule has 4 aromatic rings. The van der Waals surface area contributed by atoms with Gasteiger partial charge in [-0.2, -0.15) is 0 Å². The van der Waals surface area contributed by atoms with E-state index in [0.717, 1.165) is 11.3 Å². The Morgan fingerprint density at radius 1 is 0.972 bits per heavy atom. The smallest absolute Gasteiger partial charge is 0.366 e. The second-order valence-electron chi connectivity index (χ2n) is 10.00. The van der Waals surface area contributed by atoms with Gasteiger partial charge in [-0.15, -0.1) is 0 Å². The molecule has 0 radical (unpaired) electrons. The van der Waals surface area contributed by atoms with Crippen molar-refractivity contribution >= 4 is 28.1 Å². The van der Waals surface area contributed by atoms with E-state index in [1.807, 2.05) is 75.3 Å². The van der Waals surface area contributed by atoms with E-state index < -0.39 is 22.5 Å². The number of aryl methyl sites for hydroxylation is 1. The molecular weight excluding hydrogens is 454 g/mol. The van der Waals surface area contributed by atoms with E-state index in [1.54, 1.807) is 37.3 Å². The number of nitrogens with one attached hydrogen (secondary N) is 1. The van der Waals surface area contributed by atoms with Gasteiger partial charge < -0.3 is 19.8 Å². The minimum Gasteiger partial charge on any atom is -0.378 e. The van der Waals surface area contributed by atoms with Gasteiger partial charge in [-0.05, 0) is 60.2 Å². The van der Waals surface area contributed by atoms with Crippen LogP contribution in [0.5, 0.6) is 0 Å². The number of carbonyl (C=O) groups is 1. The van der Waals surface area contributed by atoms with Gasteiger partial charge in [0.05, 0.1) is 11.1 Å². The number of nitrogens with zero attached hydrogens (tertiary/aromatic N) is 2. The molecule has 0 saturated heterocycles. The van der Waals surface area contributed by atoms with E-state index in [0.29, 0.717) is 27.7 Å². The molecule has 7 heteroatoms. The number of fused-ring (bicyclic) bond motifs is 1. The molecule has 0 bridgehead atoms. The first kappa shape index (κ1) is 25.1. The number of benzene rings is 3. The Balaban J connectivity index is 1.74. The van der Waals surface area contributed by atoms with Gasteiger partial charge in [0.1, 0.15) is 0 Å². The summed E-state index contributed by atoms with van der Waals surface area (Å²) in [7, 11) is 3.87. The fourth-order valence-electron chi connectivity index (χ4n) is 4.52. The van der Waals surface area contributed by atoms with Gasteiger partial charge in [-0.25, -0.2) is 4.79 Å². The van der Waals surface area contributed by atoms with E-state index in [1.165, 1.54) is 0 Å². The molecule has 1 amide bonds. The number of amides is 1. The Labute approximate surface area is 210 Å². The minimum atomic E-state index is -1.83. The molecule has 1 heterocycles. The first-order chi connectivity index (χ1) is 17.0. The van der Waals surface area contributed by atoms with Gasteiger partial charge in [0, 0.05) is 30.9 Å². The van der Waals surface area contributed by atoms with Crippen LogP contribution in [0.2, 0.25) is 0 Å². The van der Waals surface area contributed by atoms with Crippen molar-refractivity contribution in [1.29, 1.82) is 0 Å². The number of rotatable bonds is 7. The Morgan fingerprint density at radius 2 is 1.64 bits per heavy atom. The molecule has 2 N–H and O–H groups in total. The first-order valence-corrected chi connectivity index (χ1v) is 11.8. The average molecular weight is 486 g/mol. The fraction of sp³-hybridized carbons (Fsp3) is 0.276. The maximum atomic E-state index is 13.8. The molecule has 0 fully saturated rings. The zero-order valence-corrected chi connectivity index (χ0v) is 21.2. The molecule has 1 aromatic heterocycles. The van der Waals surface area contributed by atoms with Crippen LogP contribution in [-0.2, 0) is 15.8 Å². The predicted molar refractivity (Wildman–Crippen MR) is 142 cm³/mol. The monoisotopic (exact) mass is 485 g/mol. The van der Waals surface area contributed by atoms with Crippen LogP contribution in [-0.4, -0.2) is 30.3 Å². The van der Waals surface area contributed by atoms with Gasteiger partial charge >= 0.3 is 5.63 Å². The molecule has 0 spiro atoms. The molecule has 0 aliphatic heterocycles. The predicted octanol–water partition coefficient (Wildman–Crippen LogP) is 4.76. The summed E-state index contributed by atoms with van der Waals surface area (Å²) >= 11 is 0. The number of hydrogen-bond donors (Lipinski definition) is 2. The van der Waals surface area contributed by atoms with Crippen molar-refractivity contribution in [2.75, 3.05) is 24.3 Å². The van der Waals surface area contributed by atoms with E-state index in [-0.39, 0.29) is 6.42 Å². The SMILES string of the molecule is Cc1noc(=O)c2ccc(NC(=O)C(O)(CC(C)(C)c3ccccc3)c3ccc(N(C)C)cc3)cc12. The third kappa shape index (κ3) is 4.88. The number of aromatic nitrogens is 1. The molecule has 0 aliphatic carbocycles. The number of hydrogen-bond acceptors (Lipinski definition) is 6. The lowest BCUT2D eigenvalue weighted by atomic mass is 9.72. The van der Waals surface area contributed by atoms with E-state index in [9.17, 15) is 14.7 Å². The molecule has 7 nitrogen and oxygen atoms in total. The number of carbonyl (C=O) groups excluding carboxylic acids is 1. The molecule has 1 atom stereocenters. The van der Waals surface area contributed by atoms with Gasteiger partial charge in [0.2, 0.25) is 0 Å². The van der Waals surface area contributed by atoms with Crippen LogP contribution in [0.3, 0.4) is 0 Å². The zero-order valence-electron chi connectivity index (χ0n) is 21.2. The standard InChI is InChI=1S/C29H31N3O4/c1-19-25-17-22(13-16-24(25)26(33)36-31-19)30-27(34)29(35,21-11-14-23(15-12-21)32(4)5)18-28(2,3)20-9-7-6-8-10-20/h6-17,35H,18H2,1-5H3,(H,30,34). The summed E-state index contributed by atoms with van der Waals surface area (Å²) in [6.07, 6.45) is 0.148. The van der Waals surface area contributed by atoms with Crippen LogP contribution < -0.4 is 15.8 Å². The van der Waals surface area contributed by atoms with Gasteiger partial charge in [0.25, 0.3) is 5.91 Å². The fourth-order valence-corrected chi connectivity index (χ4v) is 4.52. The van der Waals surface area contributed by atoms with Crippen molar-refractivity contribution in [3.05, 3.63) is 100 Å². The topological polar surface area (TPSA) is 95.7 Å². The average Bonchev–Trinajstić information content (AvgIpc) is 2.86. The Bertz CT molecular complexity index is 1440. The zero-order chi connectivity index (χ0) is 26.1. The van der Waals surface area contributed by atoms with Gasteiger partial charge in [-0.3, -0.25) is 4.79 Å². The lowest BCUT2D eigenvalue weighted by molar-refractivity contribution is -0.137. The molecule has 36 heavy (non-hydrogen) atoms. The second-order valence-corrected chi connectivity index (χ2v) is 10.00. The first-order valence-electron chi connectivity index (χ1n) is 11.8. The van der Waals surface area contributed by atoms with E-state index in [4.69, 9.17) is 4.52 Å². The van der Waals surface area contributed by atoms with Gasteiger partial charge in [-0.1, -0.05) is 61.5 Å². The molecule has 3 aromatic carbocycles. The molecule has 186 valence electrons. The van der Waals surface area contributed by atoms with Gasteiger partial charge in [0.15, 0.2) is 5.60 Å². The summed E-state index contributed by atoms with van der Waals surface area (Å²) in [4.78, 5) is 27.8. The van der Waals surface area contributed by atoms with Crippen LogP contribution in [0.15, 0.2) is 82.1 Å². The highest BCUT2D eigenvalue weighted by atomic mass is 16.5. The third-order valence-corrected chi connectivity index (χ3v) is 6.64. The van der Waals surface area contributed by atoms with Crippen molar-refractivity contribution in [3.8, 4) is 0 Å². The quantitative estimate of drug-likeness (QED) is 0.392. The van der Waals surface area contributed by atoms with E-state index in [2.05, 4.69) is 10.5 Å². The van der Waals surface area contributed by atoms with Crippen molar-refractivity contribution < 1.29 is 14.4 Å². The summed E-state index contributed by atoms with van der Waals surface area (Å²) < 4.78 is 4.79. The molecule has 1 unspecified atom stereocenters. The third-order valence-electron chi connectivity index (χ3n) is 6.64. The minimum absolute atomic E-state index is 0.148. The summed E-state index contributed by atoms with van der Waals surface area (Å²) in [6, 6.07) is 22.1. The van der Waals surface area contributed by atoms with Crippen molar-refractivity contribution in [1.82, 2.24) is 5.16 Å². The second kappa shape index (κ2) is 9.59. The normalized spacial score (nSPS) is 13.3. The summed E-state index contributed by atoms with van der Waals surface area (Å²) in [6.45, 7) is 5.75. The van der Waals surface area contributed by atoms with Crippen LogP contribution in [0.1, 0.15) is 37.1 Å². The maximum Gasteiger partial charge on any atom is 0.366 e. The Hall–Kier alpha value is -3.97. The molecule has 0 saturated carbocycles.